The quantitative estimate of drug-likeness (QED) is 0.744. The van der Waals surface area contributed by atoms with Crippen LogP contribution in [0.1, 0.15) is 0 Å². The molecule has 0 aliphatic heterocycles. The van der Waals surface area contributed by atoms with Gasteiger partial charge in [-0.05, 0) is 38.4 Å². The Morgan fingerprint density at radius 2 is 0.882 bits per heavy atom. The second-order valence-corrected chi connectivity index (χ2v) is 2.86. The largest absolute Gasteiger partial charge is 0.356 e. The maximum Gasteiger partial charge on any atom is 0.0384 e. The van der Waals surface area contributed by atoms with Crippen LogP contribution in [0.2, 0.25) is 0 Å². The highest BCUT2D eigenvalue weighted by atomic mass is 14.9. The van der Waals surface area contributed by atoms with Gasteiger partial charge in [0, 0.05) is 11.4 Å². The van der Waals surface area contributed by atoms with Crippen molar-refractivity contribution in [2.24, 2.45) is 11.5 Å². The van der Waals surface area contributed by atoms with Gasteiger partial charge < -0.3 is 16.8 Å². The first-order chi connectivity index (χ1) is 8.45. The van der Waals surface area contributed by atoms with Crippen LogP contribution in [0.4, 0.5) is 11.4 Å². The van der Waals surface area contributed by atoms with Crippen LogP contribution in [0, 0.1) is 0 Å². The third-order valence-corrected chi connectivity index (χ3v) is 1.84. The fourth-order valence-corrected chi connectivity index (χ4v) is 1.21. The van der Waals surface area contributed by atoms with E-state index in [4.69, 9.17) is 0 Å². The molecule has 0 saturated heterocycles. The molecule has 2 aromatic rings. The summed E-state index contributed by atoms with van der Waals surface area (Å²) in [6, 6.07) is 20.3. The van der Waals surface area contributed by atoms with E-state index in [1.165, 1.54) is 14.1 Å². The molecule has 3 nitrogen and oxygen atoms in total. The van der Waals surface area contributed by atoms with Gasteiger partial charge in [-0.25, -0.2) is 0 Å². The van der Waals surface area contributed by atoms with Crippen LogP contribution in [0.3, 0.4) is 0 Å². The molecule has 2 rings (SSSR count). The molecule has 0 unspecified atom stereocenters. The Kier molecular flexibility index (Phi) is 9.52. The van der Waals surface area contributed by atoms with Crippen molar-refractivity contribution in [1.29, 1.82) is 0 Å². The molecule has 0 amide bonds. The summed E-state index contributed by atoms with van der Waals surface area (Å²) < 4.78 is 0. The molecule has 0 bridgehead atoms. The second-order valence-electron chi connectivity index (χ2n) is 2.86. The van der Waals surface area contributed by atoms with Crippen molar-refractivity contribution in [3.05, 3.63) is 60.7 Å². The number of benzene rings is 2. The highest BCUT2D eigenvalue weighted by Gasteiger charge is 1.89. The van der Waals surface area contributed by atoms with E-state index >= 15 is 0 Å². The minimum Gasteiger partial charge on any atom is -0.356 e. The van der Waals surface area contributed by atoms with Crippen molar-refractivity contribution in [3.8, 4) is 0 Å². The zero-order chi connectivity index (χ0) is 12.9. The lowest BCUT2D eigenvalue weighted by Gasteiger charge is -2.04. The van der Waals surface area contributed by atoms with Gasteiger partial charge in [-0.15, -0.1) is 0 Å². The molecule has 3 heteroatoms. The lowest BCUT2D eigenvalue weighted by atomic mass is 10.3. The van der Waals surface area contributed by atoms with Crippen LogP contribution in [-0.2, 0) is 0 Å². The monoisotopic (exact) mass is 231 g/mol. The summed E-state index contributed by atoms with van der Waals surface area (Å²) in [6.45, 7) is 0. The van der Waals surface area contributed by atoms with Crippen LogP contribution < -0.4 is 16.8 Å². The molecule has 0 aliphatic rings. The molecule has 0 radical (unpaired) electrons. The van der Waals surface area contributed by atoms with Crippen molar-refractivity contribution in [1.82, 2.24) is 0 Å². The maximum atomic E-state index is 4.50. The van der Waals surface area contributed by atoms with Gasteiger partial charge in [-0.3, -0.25) is 0 Å². The summed E-state index contributed by atoms with van der Waals surface area (Å²) in [5.41, 5.74) is 11.2. The van der Waals surface area contributed by atoms with Crippen LogP contribution in [0.15, 0.2) is 60.7 Å². The van der Waals surface area contributed by atoms with E-state index in [2.05, 4.69) is 16.8 Å². The summed E-state index contributed by atoms with van der Waals surface area (Å²) in [5.74, 6) is 0. The maximum absolute atomic E-state index is 4.50. The van der Waals surface area contributed by atoms with Crippen LogP contribution in [-0.4, -0.2) is 14.1 Å². The molecular formula is C14H21N3. The molecular weight excluding hydrogens is 210 g/mol. The van der Waals surface area contributed by atoms with Crippen LogP contribution in [0.25, 0.3) is 0 Å². The Balaban J connectivity index is 0.000000581. The molecule has 0 fully saturated rings. The summed E-state index contributed by atoms with van der Waals surface area (Å²) in [6.07, 6.45) is 0. The van der Waals surface area contributed by atoms with Crippen molar-refractivity contribution < 1.29 is 0 Å². The minimum atomic E-state index is 1.12. The molecule has 0 spiro atoms. The molecule has 92 valence electrons. The smallest absolute Gasteiger partial charge is 0.0384 e. The van der Waals surface area contributed by atoms with Crippen LogP contribution >= 0.6 is 0 Å². The Labute approximate surface area is 103 Å². The summed E-state index contributed by atoms with van der Waals surface area (Å²) >= 11 is 0. The van der Waals surface area contributed by atoms with Crippen molar-refractivity contribution in [2.75, 3.05) is 19.4 Å². The average Bonchev–Trinajstić information content (AvgIpc) is 2.45. The predicted octanol–water partition coefficient (Wildman–Crippen LogP) is 2.58. The predicted molar refractivity (Wildman–Crippen MR) is 76.4 cm³/mol. The van der Waals surface area contributed by atoms with E-state index in [9.17, 15) is 0 Å². The van der Waals surface area contributed by atoms with E-state index in [1.807, 2.05) is 60.7 Å². The third kappa shape index (κ3) is 6.35. The Hall–Kier alpha value is -1.84. The van der Waals surface area contributed by atoms with Crippen molar-refractivity contribution in [2.45, 2.75) is 0 Å². The molecule has 0 aromatic heterocycles. The molecule has 0 aliphatic carbocycles. The fourth-order valence-electron chi connectivity index (χ4n) is 1.21. The van der Waals surface area contributed by atoms with Gasteiger partial charge in [-0.1, -0.05) is 36.4 Å². The van der Waals surface area contributed by atoms with Crippen molar-refractivity contribution >= 4 is 11.4 Å². The second kappa shape index (κ2) is 10.7. The van der Waals surface area contributed by atoms with Gasteiger partial charge in [0.25, 0.3) is 0 Å². The average molecular weight is 231 g/mol. The van der Waals surface area contributed by atoms with E-state index in [0.717, 1.165) is 11.4 Å². The molecule has 17 heavy (non-hydrogen) atoms. The number of rotatable bonds is 2. The Bertz CT molecular complexity index is 322. The van der Waals surface area contributed by atoms with E-state index in [-0.39, 0.29) is 0 Å². The standard InChI is InChI=1S/C12H11N.2CH5N/c1-3-7-11(8-4-1)13-12-9-5-2-6-10-12;2*1-2/h1-10,13H;2*2H2,1H3. The number of hydrogen-bond donors (Lipinski definition) is 3. The first-order valence-electron chi connectivity index (χ1n) is 5.48. The third-order valence-electron chi connectivity index (χ3n) is 1.84. The minimum absolute atomic E-state index is 1.12. The zero-order valence-electron chi connectivity index (χ0n) is 10.4. The summed E-state index contributed by atoms with van der Waals surface area (Å²) in [7, 11) is 3.00. The molecule has 5 N–H and O–H groups in total. The van der Waals surface area contributed by atoms with Crippen LogP contribution in [0.5, 0.6) is 0 Å². The summed E-state index contributed by atoms with van der Waals surface area (Å²) in [5, 5.41) is 3.30. The number of hydrogen-bond acceptors (Lipinski definition) is 3. The highest BCUT2D eigenvalue weighted by molar-refractivity contribution is 5.58. The zero-order valence-corrected chi connectivity index (χ0v) is 10.4. The lowest BCUT2D eigenvalue weighted by molar-refractivity contribution is 1.48. The van der Waals surface area contributed by atoms with Gasteiger partial charge >= 0.3 is 0 Å². The van der Waals surface area contributed by atoms with Gasteiger partial charge in [0.2, 0.25) is 0 Å². The van der Waals surface area contributed by atoms with Gasteiger partial charge in [0.1, 0.15) is 0 Å². The SMILES string of the molecule is CN.CN.c1ccc(Nc2ccccc2)cc1. The Morgan fingerprint density at radius 3 is 1.18 bits per heavy atom. The molecule has 0 saturated carbocycles. The summed E-state index contributed by atoms with van der Waals surface area (Å²) in [4.78, 5) is 0. The highest BCUT2D eigenvalue weighted by Crippen LogP contribution is 2.14. The molecule has 0 heterocycles. The number of anilines is 2. The van der Waals surface area contributed by atoms with E-state index in [1.54, 1.807) is 0 Å². The molecule has 0 atom stereocenters. The first kappa shape index (κ1) is 15.2. The lowest BCUT2D eigenvalue weighted by Crippen LogP contribution is -1.87. The fraction of sp³-hybridized carbons (Fsp3) is 0.143. The van der Waals surface area contributed by atoms with Crippen molar-refractivity contribution in [3.63, 3.8) is 0 Å². The van der Waals surface area contributed by atoms with E-state index in [0.29, 0.717) is 0 Å². The van der Waals surface area contributed by atoms with E-state index < -0.39 is 0 Å². The molecule has 2 aromatic carbocycles. The topological polar surface area (TPSA) is 64.1 Å². The normalized spacial score (nSPS) is 8.00. The first-order valence-corrected chi connectivity index (χ1v) is 5.48. The number of nitrogens with one attached hydrogen (secondary N) is 1. The number of para-hydroxylation sites is 2. The van der Waals surface area contributed by atoms with Gasteiger partial charge in [-0.2, -0.15) is 0 Å². The van der Waals surface area contributed by atoms with Gasteiger partial charge in [0.15, 0.2) is 0 Å². The van der Waals surface area contributed by atoms with Gasteiger partial charge in [0.05, 0.1) is 0 Å². The Morgan fingerprint density at radius 1 is 0.588 bits per heavy atom. The number of nitrogens with two attached hydrogens (primary N) is 2.